The second-order valence-electron chi connectivity index (χ2n) is 10.1. The van der Waals surface area contributed by atoms with Crippen molar-refractivity contribution < 1.29 is 18.7 Å². The zero-order chi connectivity index (χ0) is 22.6. The molecule has 2 aliphatic heterocycles. The van der Waals surface area contributed by atoms with Gasteiger partial charge >= 0.3 is 11.6 Å². The average molecular weight is 429 g/mol. The minimum absolute atomic E-state index is 0.0252. The van der Waals surface area contributed by atoms with E-state index in [9.17, 15) is 9.59 Å². The fourth-order valence-corrected chi connectivity index (χ4v) is 5.36. The number of hydrogen-bond donors (Lipinski definition) is 1. The third-order valence-corrected chi connectivity index (χ3v) is 6.50. The molecular weight excluding hydrogens is 396 g/mol. The van der Waals surface area contributed by atoms with Crippen molar-refractivity contribution in [1.82, 2.24) is 10.2 Å². The van der Waals surface area contributed by atoms with Crippen LogP contribution in [0.25, 0.3) is 11.0 Å². The second kappa shape index (κ2) is 7.64. The summed E-state index contributed by atoms with van der Waals surface area (Å²) >= 11 is 0. The van der Waals surface area contributed by atoms with E-state index in [-0.39, 0.29) is 17.5 Å². The lowest BCUT2D eigenvalue weighted by atomic mass is 9.79. The molecule has 168 valence electrons. The van der Waals surface area contributed by atoms with Gasteiger partial charge in [-0.2, -0.15) is 0 Å². The van der Waals surface area contributed by atoms with Crippen molar-refractivity contribution in [2.45, 2.75) is 77.5 Å². The number of nitrogens with one attached hydrogen (secondary N) is 1. The molecule has 31 heavy (non-hydrogen) atoms. The first-order valence-electron chi connectivity index (χ1n) is 10.8. The minimum atomic E-state index is -0.495. The second-order valence-corrected chi connectivity index (χ2v) is 10.1. The Balaban J connectivity index is 1.71. The van der Waals surface area contributed by atoms with Gasteiger partial charge in [0.25, 0.3) is 0 Å². The predicted octanol–water partition coefficient (Wildman–Crippen LogP) is 3.28. The summed E-state index contributed by atoms with van der Waals surface area (Å²) < 4.78 is 16.6. The van der Waals surface area contributed by atoms with Crippen LogP contribution >= 0.6 is 0 Å². The molecule has 1 N–H and O–H groups in total. The van der Waals surface area contributed by atoms with Gasteiger partial charge in [0, 0.05) is 29.1 Å². The number of esters is 1. The van der Waals surface area contributed by atoms with Crippen LogP contribution < -0.4 is 15.7 Å². The summed E-state index contributed by atoms with van der Waals surface area (Å²) in [6.07, 6.45) is 1.91. The lowest BCUT2D eigenvalue weighted by Gasteiger charge is -2.50. The lowest BCUT2D eigenvalue weighted by molar-refractivity contribution is -0.139. The Bertz CT molecular complexity index is 1070. The monoisotopic (exact) mass is 428 g/mol. The van der Waals surface area contributed by atoms with Crippen LogP contribution in [0.2, 0.25) is 0 Å². The summed E-state index contributed by atoms with van der Waals surface area (Å²) in [6.45, 7) is 12.0. The maximum atomic E-state index is 12.7. The SMILES string of the molecule is COC(=O)Cc1c(C)c2ccc3c(c2oc1=O)CN(C1CC(C)(C)NC(C)(C)C1)CO3. The molecule has 7 heteroatoms. The summed E-state index contributed by atoms with van der Waals surface area (Å²) in [5.41, 5.74) is 2.09. The van der Waals surface area contributed by atoms with Gasteiger partial charge in [-0.1, -0.05) is 0 Å². The molecule has 0 unspecified atom stereocenters. The Labute approximate surface area is 182 Å². The van der Waals surface area contributed by atoms with E-state index in [1.54, 1.807) is 0 Å². The molecule has 0 bridgehead atoms. The van der Waals surface area contributed by atoms with Crippen LogP contribution in [0.1, 0.15) is 57.2 Å². The first-order chi connectivity index (χ1) is 14.5. The van der Waals surface area contributed by atoms with Gasteiger partial charge in [0.05, 0.1) is 24.7 Å². The molecule has 2 aromatic rings. The Hall–Kier alpha value is -2.38. The summed E-state index contributed by atoms with van der Waals surface area (Å²) in [5, 5.41) is 4.55. The zero-order valence-corrected chi connectivity index (χ0v) is 19.3. The maximum Gasteiger partial charge on any atom is 0.340 e. The van der Waals surface area contributed by atoms with Crippen LogP contribution in [0.3, 0.4) is 0 Å². The summed E-state index contributed by atoms with van der Waals surface area (Å²) in [6, 6.07) is 4.18. The first kappa shape index (κ1) is 21.8. The van der Waals surface area contributed by atoms with Gasteiger partial charge in [0.1, 0.15) is 18.1 Å². The largest absolute Gasteiger partial charge is 0.478 e. The molecule has 1 saturated heterocycles. The van der Waals surface area contributed by atoms with Crippen LogP contribution in [-0.2, 0) is 22.5 Å². The highest BCUT2D eigenvalue weighted by Gasteiger charge is 2.41. The van der Waals surface area contributed by atoms with Crippen LogP contribution in [-0.4, -0.2) is 41.8 Å². The molecule has 4 rings (SSSR count). The molecule has 3 heterocycles. The number of carbonyl (C=O) groups is 1. The smallest absolute Gasteiger partial charge is 0.340 e. The van der Waals surface area contributed by atoms with Crippen molar-refractivity contribution in [3.63, 3.8) is 0 Å². The molecule has 0 amide bonds. The van der Waals surface area contributed by atoms with E-state index in [4.69, 9.17) is 13.9 Å². The van der Waals surface area contributed by atoms with Crippen molar-refractivity contribution in [1.29, 1.82) is 0 Å². The molecule has 2 aliphatic rings. The number of rotatable bonds is 3. The Morgan fingerprint density at radius 2 is 1.90 bits per heavy atom. The van der Waals surface area contributed by atoms with Crippen molar-refractivity contribution in [3.05, 3.63) is 39.2 Å². The zero-order valence-electron chi connectivity index (χ0n) is 19.3. The number of fused-ring (bicyclic) bond motifs is 3. The number of ether oxygens (including phenoxy) is 2. The van der Waals surface area contributed by atoms with E-state index >= 15 is 0 Å². The third kappa shape index (κ3) is 4.21. The van der Waals surface area contributed by atoms with Crippen molar-refractivity contribution in [3.8, 4) is 5.75 Å². The normalized spacial score (nSPS) is 20.8. The fourth-order valence-electron chi connectivity index (χ4n) is 5.36. The van der Waals surface area contributed by atoms with E-state index in [1.807, 2.05) is 19.1 Å². The molecule has 7 nitrogen and oxygen atoms in total. The van der Waals surface area contributed by atoms with Gasteiger partial charge in [-0.25, -0.2) is 4.79 Å². The number of methoxy groups -OCH3 is 1. The van der Waals surface area contributed by atoms with Gasteiger partial charge < -0.3 is 19.2 Å². The third-order valence-electron chi connectivity index (χ3n) is 6.50. The summed E-state index contributed by atoms with van der Waals surface area (Å²) in [4.78, 5) is 26.8. The Morgan fingerprint density at radius 3 is 2.55 bits per heavy atom. The Morgan fingerprint density at radius 1 is 1.23 bits per heavy atom. The maximum absolute atomic E-state index is 12.7. The number of hydrogen-bond acceptors (Lipinski definition) is 7. The van der Waals surface area contributed by atoms with E-state index in [0.29, 0.717) is 30.5 Å². The number of benzene rings is 1. The van der Waals surface area contributed by atoms with Crippen LogP contribution in [0.5, 0.6) is 5.75 Å². The Kier molecular flexibility index (Phi) is 5.38. The summed E-state index contributed by atoms with van der Waals surface area (Å²) in [7, 11) is 1.31. The van der Waals surface area contributed by atoms with Crippen molar-refractivity contribution >= 4 is 16.9 Å². The lowest BCUT2D eigenvalue weighted by Crippen LogP contribution is -2.62. The van der Waals surface area contributed by atoms with Crippen LogP contribution in [0.15, 0.2) is 21.3 Å². The molecule has 1 aromatic heterocycles. The molecule has 0 radical (unpaired) electrons. The minimum Gasteiger partial charge on any atom is -0.478 e. The van der Waals surface area contributed by atoms with Crippen molar-refractivity contribution in [2.24, 2.45) is 0 Å². The number of carbonyl (C=O) groups excluding carboxylic acids is 1. The first-order valence-corrected chi connectivity index (χ1v) is 10.8. The number of piperidine rings is 1. The molecule has 0 aliphatic carbocycles. The molecule has 1 fully saturated rings. The van der Waals surface area contributed by atoms with E-state index < -0.39 is 11.6 Å². The molecule has 1 aromatic carbocycles. The summed E-state index contributed by atoms with van der Waals surface area (Å²) in [5.74, 6) is 0.290. The predicted molar refractivity (Wildman–Crippen MR) is 118 cm³/mol. The van der Waals surface area contributed by atoms with Gasteiger partial charge in [0.2, 0.25) is 0 Å². The number of nitrogens with zero attached hydrogens (tertiary/aromatic N) is 1. The quantitative estimate of drug-likeness (QED) is 0.593. The van der Waals surface area contributed by atoms with E-state index in [2.05, 4.69) is 37.9 Å². The van der Waals surface area contributed by atoms with E-state index in [1.165, 1.54) is 7.11 Å². The topological polar surface area (TPSA) is 81.0 Å². The van der Waals surface area contributed by atoms with Gasteiger partial charge in [-0.05, 0) is 65.2 Å². The molecule has 0 atom stereocenters. The van der Waals surface area contributed by atoms with E-state index in [0.717, 1.165) is 35.1 Å². The van der Waals surface area contributed by atoms with Gasteiger partial charge in [-0.15, -0.1) is 0 Å². The molecule has 0 spiro atoms. The fraction of sp³-hybridized carbons (Fsp3) is 0.583. The highest BCUT2D eigenvalue weighted by atomic mass is 16.5. The molecular formula is C24H32N2O5. The van der Waals surface area contributed by atoms with Gasteiger partial charge in [0.15, 0.2) is 0 Å². The van der Waals surface area contributed by atoms with Gasteiger partial charge in [-0.3, -0.25) is 9.69 Å². The van der Waals surface area contributed by atoms with Crippen molar-refractivity contribution in [2.75, 3.05) is 13.8 Å². The highest BCUT2D eigenvalue weighted by Crippen LogP contribution is 2.38. The van der Waals surface area contributed by atoms with Crippen LogP contribution in [0, 0.1) is 6.92 Å². The van der Waals surface area contributed by atoms with Crippen LogP contribution in [0.4, 0.5) is 0 Å². The standard InChI is InChI=1S/C24H32N2O5/c1-14-16-7-8-19-18(21(16)31-22(28)17(14)9-20(27)29-6)12-26(13-30-19)15-10-23(2,3)25-24(4,5)11-15/h7-8,15,25H,9-13H2,1-6H3. The molecule has 0 saturated carbocycles. The number of aryl methyl sites for hydroxylation is 1. The average Bonchev–Trinajstić information content (AvgIpc) is 2.68. The highest BCUT2D eigenvalue weighted by molar-refractivity contribution is 5.87.